The minimum Gasteiger partial charge on any atom is -0.309 e. The highest BCUT2D eigenvalue weighted by Gasteiger charge is 2.24. The van der Waals surface area contributed by atoms with Gasteiger partial charge in [-0.05, 0) is 190 Å². The molecule has 0 atom stereocenters. The van der Waals surface area contributed by atoms with E-state index in [1.807, 2.05) is 73.3 Å². The molecule has 0 saturated heterocycles. The van der Waals surface area contributed by atoms with Crippen molar-refractivity contribution in [2.75, 3.05) is 0 Å². The molecule has 0 N–H and O–H groups in total. The first-order valence-corrected chi connectivity index (χ1v) is 30.0. The molecule has 0 radical (unpaired) electrons. The van der Waals surface area contributed by atoms with Gasteiger partial charge in [0.2, 0.25) is 0 Å². The highest BCUT2D eigenvalue weighted by molar-refractivity contribution is 6.13. The average Bonchev–Trinajstić information content (AvgIpc) is 2.90. The van der Waals surface area contributed by atoms with Gasteiger partial charge < -0.3 is 9.13 Å². The van der Waals surface area contributed by atoms with E-state index in [1.54, 1.807) is 0 Å². The Balaban J connectivity index is 0.000000426. The number of fused-ring (bicyclic) bond motifs is 9. The van der Waals surface area contributed by atoms with Crippen LogP contribution in [0.15, 0.2) is 310 Å². The van der Waals surface area contributed by atoms with Crippen molar-refractivity contribution >= 4 is 43.6 Å². The third-order valence-electron chi connectivity index (χ3n) is 17.4. The number of hydrogen-bond acceptors (Lipinski definition) is 4. The van der Waals surface area contributed by atoms with Crippen LogP contribution in [-0.2, 0) is 6.42 Å². The number of para-hydroxylation sites is 1. The summed E-state index contributed by atoms with van der Waals surface area (Å²) in [6.45, 7) is 2.10. The van der Waals surface area contributed by atoms with Gasteiger partial charge in [0.25, 0.3) is 0 Å². The van der Waals surface area contributed by atoms with E-state index in [2.05, 4.69) is 258 Å². The van der Waals surface area contributed by atoms with Gasteiger partial charge in [-0.2, -0.15) is 0 Å². The van der Waals surface area contributed by atoms with Crippen LogP contribution in [-0.4, -0.2) is 29.1 Å². The molecule has 0 fully saturated rings. The zero-order valence-corrected chi connectivity index (χ0v) is 48.3. The molecule has 0 unspecified atom stereocenters. The van der Waals surface area contributed by atoms with Crippen LogP contribution in [0.2, 0.25) is 0 Å². The molecule has 10 aromatic carbocycles. The second-order valence-electron chi connectivity index (χ2n) is 22.6. The molecule has 88 heavy (non-hydrogen) atoms. The Bertz CT molecular complexity index is 5160. The van der Waals surface area contributed by atoms with Crippen molar-refractivity contribution in [2.45, 2.75) is 13.3 Å². The molecule has 17 rings (SSSR count). The summed E-state index contributed by atoms with van der Waals surface area (Å²) < 4.78 is 4.91. The SMILES string of the molecule is Cc1ccccc1-c1ccccn1.c1ccc(-c2ccccc2-c2ccc3c(c2)c2ccccc2n3-c2ccc3c(c2)-c2cc(-n4c5ccc(-c6ccccc6-c6ccccn6)cc5c5cc(-c6ccccc6-c6ccccn6)ccc54)ccc2C3)nc1. The Morgan fingerprint density at radius 3 is 0.977 bits per heavy atom. The molecule has 414 valence electrons. The molecule has 6 heterocycles. The van der Waals surface area contributed by atoms with Crippen LogP contribution < -0.4 is 0 Å². The van der Waals surface area contributed by atoms with Crippen LogP contribution in [0, 0.1) is 6.92 Å². The molecule has 0 spiro atoms. The van der Waals surface area contributed by atoms with E-state index in [4.69, 9.17) is 15.0 Å². The van der Waals surface area contributed by atoms with Crippen LogP contribution >= 0.6 is 0 Å². The highest BCUT2D eigenvalue weighted by atomic mass is 15.0. The topological polar surface area (TPSA) is 61.4 Å². The van der Waals surface area contributed by atoms with Gasteiger partial charge in [0.15, 0.2) is 0 Å². The molecule has 0 bridgehead atoms. The molecule has 0 saturated carbocycles. The predicted octanol–water partition coefficient (Wildman–Crippen LogP) is 20.7. The maximum atomic E-state index is 4.77. The number of pyridine rings is 4. The van der Waals surface area contributed by atoms with Gasteiger partial charge >= 0.3 is 0 Å². The zero-order valence-electron chi connectivity index (χ0n) is 48.3. The molecule has 16 aromatic rings. The zero-order chi connectivity index (χ0) is 58.5. The van der Waals surface area contributed by atoms with Gasteiger partial charge in [-0.25, -0.2) is 0 Å². The summed E-state index contributed by atoms with van der Waals surface area (Å²) in [6.07, 6.45) is 8.32. The van der Waals surface area contributed by atoms with Crippen LogP contribution in [0.25, 0.3) is 145 Å². The maximum absolute atomic E-state index is 4.77. The molecule has 1 aliphatic carbocycles. The molecular formula is C82H56N6. The van der Waals surface area contributed by atoms with Gasteiger partial charge in [-0.1, -0.05) is 170 Å². The van der Waals surface area contributed by atoms with E-state index >= 15 is 0 Å². The standard InChI is InChI=1S/C70H45N5.C12H11N/c1-4-18-55(64-22-9-12-36-71-64)52(15-1)47-28-33-68-61(40-47)58-21-7-8-25-67(58)74(68)50-31-26-45-39-46-27-32-51(44-60(46)59(45)43-50)75-69-34-29-48(53-16-2-5-19-56(53)65-23-10-13-37-72-65)41-62(69)63-42-49(30-35-70(63)75)54-17-3-6-20-57(54)66-24-11-14-38-73-66;1-10-6-2-3-7-11(10)12-8-4-5-9-13-12/h1-38,40-44H,39H2;2-9H,1H3. The van der Waals surface area contributed by atoms with Crippen LogP contribution in [0.1, 0.15) is 16.7 Å². The van der Waals surface area contributed by atoms with Crippen LogP contribution in [0.5, 0.6) is 0 Å². The molecule has 0 amide bonds. The lowest BCUT2D eigenvalue weighted by atomic mass is 9.94. The van der Waals surface area contributed by atoms with Crippen LogP contribution in [0.3, 0.4) is 0 Å². The van der Waals surface area contributed by atoms with E-state index < -0.39 is 0 Å². The fourth-order valence-electron chi connectivity index (χ4n) is 13.3. The number of benzene rings is 10. The van der Waals surface area contributed by atoms with Crippen molar-refractivity contribution in [1.29, 1.82) is 0 Å². The molecule has 6 heteroatoms. The Morgan fingerprint density at radius 1 is 0.250 bits per heavy atom. The summed E-state index contributed by atoms with van der Waals surface area (Å²) in [5, 5.41) is 4.83. The maximum Gasteiger partial charge on any atom is 0.0708 e. The Kier molecular flexibility index (Phi) is 13.1. The van der Waals surface area contributed by atoms with Crippen LogP contribution in [0.4, 0.5) is 0 Å². The van der Waals surface area contributed by atoms with E-state index in [0.29, 0.717) is 0 Å². The third kappa shape index (κ3) is 9.23. The normalized spacial score (nSPS) is 11.6. The lowest BCUT2D eigenvalue weighted by molar-refractivity contribution is 1.17. The first-order chi connectivity index (χ1) is 43.6. The van der Waals surface area contributed by atoms with Gasteiger partial charge in [-0.15, -0.1) is 0 Å². The van der Waals surface area contributed by atoms with Gasteiger partial charge in [-0.3, -0.25) is 19.9 Å². The second kappa shape index (κ2) is 22.1. The lowest BCUT2D eigenvalue weighted by Crippen LogP contribution is -1.96. The van der Waals surface area contributed by atoms with E-state index in [0.717, 1.165) is 90.5 Å². The van der Waals surface area contributed by atoms with Crippen molar-refractivity contribution in [1.82, 2.24) is 29.1 Å². The minimum absolute atomic E-state index is 0.892. The highest BCUT2D eigenvalue weighted by Crippen LogP contribution is 2.45. The summed E-state index contributed by atoms with van der Waals surface area (Å²) in [7, 11) is 0. The van der Waals surface area contributed by atoms with Gasteiger partial charge in [0.1, 0.15) is 0 Å². The quantitative estimate of drug-likeness (QED) is 0.144. The summed E-state index contributed by atoms with van der Waals surface area (Å²) >= 11 is 0. The summed E-state index contributed by atoms with van der Waals surface area (Å²) in [4.78, 5) is 18.6. The number of nitrogens with zero attached hydrogens (tertiary/aromatic N) is 6. The predicted molar refractivity (Wildman–Crippen MR) is 364 cm³/mol. The average molecular weight is 1130 g/mol. The smallest absolute Gasteiger partial charge is 0.0708 e. The first-order valence-electron chi connectivity index (χ1n) is 30.0. The largest absolute Gasteiger partial charge is 0.309 e. The number of rotatable bonds is 9. The fourth-order valence-corrected chi connectivity index (χ4v) is 13.3. The molecule has 6 aromatic heterocycles. The summed E-state index contributed by atoms with van der Waals surface area (Å²) in [5.41, 5.74) is 28.8. The van der Waals surface area contributed by atoms with Gasteiger partial charge in [0.05, 0.1) is 44.8 Å². The number of aryl methyl sites for hydroxylation is 1. The third-order valence-corrected chi connectivity index (χ3v) is 17.4. The lowest BCUT2D eigenvalue weighted by Gasteiger charge is -2.13. The van der Waals surface area contributed by atoms with Crippen molar-refractivity contribution in [2.24, 2.45) is 0 Å². The monoisotopic (exact) mass is 1120 g/mol. The number of hydrogen-bond donors (Lipinski definition) is 0. The first kappa shape index (κ1) is 52.0. The van der Waals surface area contributed by atoms with E-state index in [1.165, 1.54) is 77.1 Å². The van der Waals surface area contributed by atoms with Gasteiger partial charge in [0, 0.05) is 80.0 Å². The molecular weight excluding hydrogens is 1070 g/mol. The molecule has 1 aliphatic rings. The van der Waals surface area contributed by atoms with Crippen molar-refractivity contribution in [3.05, 3.63) is 327 Å². The van der Waals surface area contributed by atoms with Crippen molar-refractivity contribution in [3.8, 4) is 101 Å². The van der Waals surface area contributed by atoms with E-state index in [9.17, 15) is 0 Å². The fraction of sp³-hybridized carbons (Fsp3) is 0.0244. The Hall–Kier alpha value is -11.6. The minimum atomic E-state index is 0.892. The Morgan fingerprint density at radius 2 is 0.580 bits per heavy atom. The molecule has 0 aliphatic heterocycles. The number of aromatic nitrogens is 6. The van der Waals surface area contributed by atoms with Crippen molar-refractivity contribution < 1.29 is 0 Å². The van der Waals surface area contributed by atoms with Crippen molar-refractivity contribution in [3.63, 3.8) is 0 Å². The molecule has 6 nitrogen and oxygen atoms in total. The Labute approximate surface area is 510 Å². The second-order valence-corrected chi connectivity index (χ2v) is 22.6. The summed E-state index contributed by atoms with van der Waals surface area (Å²) in [5.74, 6) is 0. The van der Waals surface area contributed by atoms with E-state index in [-0.39, 0.29) is 0 Å². The summed E-state index contributed by atoms with van der Waals surface area (Å²) in [6, 6.07) is 102.